The van der Waals surface area contributed by atoms with Crippen molar-refractivity contribution < 1.29 is 4.79 Å². The van der Waals surface area contributed by atoms with Crippen LogP contribution in [0.3, 0.4) is 0 Å². The molecule has 1 atom stereocenters. The van der Waals surface area contributed by atoms with Gasteiger partial charge in [-0.25, -0.2) is 4.98 Å². The number of carbonyl (C=O) groups is 1. The van der Waals surface area contributed by atoms with E-state index in [-0.39, 0.29) is 11.9 Å². The Morgan fingerprint density at radius 1 is 0.926 bits per heavy atom. The molecule has 1 amide bonds. The number of imidazole rings is 1. The predicted octanol–water partition coefficient (Wildman–Crippen LogP) is 4.40. The van der Waals surface area contributed by atoms with Gasteiger partial charge >= 0.3 is 0 Å². The summed E-state index contributed by atoms with van der Waals surface area (Å²) in [4.78, 5) is 17.7. The molecule has 4 nitrogen and oxygen atoms in total. The summed E-state index contributed by atoms with van der Waals surface area (Å²) in [5, 5.41) is 3.16. The molecule has 4 heteroatoms. The fourth-order valence-electron chi connectivity index (χ4n) is 3.28. The first-order valence-electron chi connectivity index (χ1n) is 8.97. The lowest BCUT2D eigenvalue weighted by Gasteiger charge is -2.19. The Kier molecular flexibility index (Phi) is 4.47. The van der Waals surface area contributed by atoms with Crippen molar-refractivity contribution in [2.24, 2.45) is 7.05 Å². The molecule has 1 heterocycles. The van der Waals surface area contributed by atoms with Gasteiger partial charge in [-0.15, -0.1) is 0 Å². The minimum absolute atomic E-state index is 0.115. The van der Waals surface area contributed by atoms with Crippen molar-refractivity contribution in [2.75, 3.05) is 0 Å². The molecular formula is C23H21N3O. The zero-order chi connectivity index (χ0) is 18.8. The highest BCUT2D eigenvalue weighted by atomic mass is 16.1. The smallest absolute Gasteiger partial charge is 0.252 e. The summed E-state index contributed by atoms with van der Waals surface area (Å²) in [5.41, 5.74) is 4.72. The van der Waals surface area contributed by atoms with E-state index in [0.717, 1.165) is 28.0 Å². The fourth-order valence-corrected chi connectivity index (χ4v) is 3.28. The van der Waals surface area contributed by atoms with E-state index >= 15 is 0 Å². The molecule has 0 bridgehead atoms. The van der Waals surface area contributed by atoms with Crippen molar-refractivity contribution in [1.29, 1.82) is 0 Å². The highest BCUT2D eigenvalue weighted by Crippen LogP contribution is 2.25. The maximum absolute atomic E-state index is 12.9. The van der Waals surface area contributed by atoms with Gasteiger partial charge in [-0.05, 0) is 36.8 Å². The van der Waals surface area contributed by atoms with E-state index in [0.29, 0.717) is 5.56 Å². The Hall–Kier alpha value is -3.40. The van der Waals surface area contributed by atoms with Gasteiger partial charge in [0.2, 0.25) is 0 Å². The van der Waals surface area contributed by atoms with Crippen LogP contribution in [0.5, 0.6) is 0 Å². The Labute approximate surface area is 158 Å². The molecule has 27 heavy (non-hydrogen) atoms. The van der Waals surface area contributed by atoms with E-state index in [4.69, 9.17) is 4.98 Å². The number of para-hydroxylation sites is 2. The van der Waals surface area contributed by atoms with Crippen LogP contribution in [0.4, 0.5) is 0 Å². The molecule has 0 aliphatic heterocycles. The number of nitrogens with one attached hydrogen (secondary N) is 1. The van der Waals surface area contributed by atoms with E-state index in [1.54, 1.807) is 0 Å². The van der Waals surface area contributed by atoms with E-state index in [1.165, 1.54) is 0 Å². The van der Waals surface area contributed by atoms with Gasteiger partial charge in [-0.3, -0.25) is 4.79 Å². The van der Waals surface area contributed by atoms with Crippen molar-refractivity contribution in [2.45, 2.75) is 13.0 Å². The SMILES string of the molecule is Cc1ccc(C(=O)NC(c2ccccc2)c2nc3ccccc3n2C)cc1. The summed E-state index contributed by atoms with van der Waals surface area (Å²) < 4.78 is 2.04. The molecule has 1 aromatic heterocycles. The van der Waals surface area contributed by atoms with Crippen LogP contribution in [0.1, 0.15) is 33.4 Å². The molecule has 0 saturated heterocycles. The molecule has 134 valence electrons. The predicted molar refractivity (Wildman–Crippen MR) is 108 cm³/mol. The molecule has 0 fully saturated rings. The number of fused-ring (bicyclic) bond motifs is 1. The van der Waals surface area contributed by atoms with Crippen molar-refractivity contribution in [1.82, 2.24) is 14.9 Å². The van der Waals surface area contributed by atoms with Crippen LogP contribution in [0, 0.1) is 6.92 Å². The second-order valence-electron chi connectivity index (χ2n) is 6.70. The Morgan fingerprint density at radius 3 is 2.30 bits per heavy atom. The zero-order valence-electron chi connectivity index (χ0n) is 15.4. The third-order valence-electron chi connectivity index (χ3n) is 4.80. The molecule has 4 aromatic rings. The van der Waals surface area contributed by atoms with Gasteiger partial charge in [-0.1, -0.05) is 60.2 Å². The maximum Gasteiger partial charge on any atom is 0.252 e. The van der Waals surface area contributed by atoms with Gasteiger partial charge in [0.05, 0.1) is 11.0 Å². The van der Waals surface area contributed by atoms with Crippen LogP contribution in [-0.2, 0) is 7.05 Å². The lowest BCUT2D eigenvalue weighted by Crippen LogP contribution is -2.31. The highest BCUT2D eigenvalue weighted by Gasteiger charge is 2.23. The maximum atomic E-state index is 12.9. The van der Waals surface area contributed by atoms with E-state index in [1.807, 2.05) is 97.4 Å². The first-order chi connectivity index (χ1) is 13.1. The van der Waals surface area contributed by atoms with E-state index < -0.39 is 0 Å². The summed E-state index contributed by atoms with van der Waals surface area (Å²) in [6.07, 6.45) is 0. The summed E-state index contributed by atoms with van der Waals surface area (Å²) in [6.45, 7) is 2.01. The number of nitrogens with zero attached hydrogens (tertiary/aromatic N) is 2. The third-order valence-corrected chi connectivity index (χ3v) is 4.80. The van der Waals surface area contributed by atoms with Crippen LogP contribution in [-0.4, -0.2) is 15.5 Å². The highest BCUT2D eigenvalue weighted by molar-refractivity contribution is 5.94. The van der Waals surface area contributed by atoms with E-state index in [9.17, 15) is 4.79 Å². The molecule has 4 rings (SSSR count). The fraction of sp³-hybridized carbons (Fsp3) is 0.130. The number of amides is 1. The van der Waals surface area contributed by atoms with Crippen molar-refractivity contribution in [3.8, 4) is 0 Å². The topological polar surface area (TPSA) is 46.9 Å². The van der Waals surface area contributed by atoms with Gasteiger partial charge in [0.1, 0.15) is 11.9 Å². The average Bonchev–Trinajstić information content (AvgIpc) is 3.04. The third kappa shape index (κ3) is 3.34. The summed E-state index contributed by atoms with van der Waals surface area (Å²) >= 11 is 0. The van der Waals surface area contributed by atoms with Crippen molar-refractivity contribution in [3.05, 3.63) is 101 Å². The van der Waals surface area contributed by atoms with Gasteiger partial charge in [-0.2, -0.15) is 0 Å². The molecule has 0 aliphatic carbocycles. The van der Waals surface area contributed by atoms with Crippen molar-refractivity contribution >= 4 is 16.9 Å². The quantitative estimate of drug-likeness (QED) is 0.590. The van der Waals surface area contributed by atoms with E-state index in [2.05, 4.69) is 5.32 Å². The first-order valence-corrected chi connectivity index (χ1v) is 8.97. The number of aromatic nitrogens is 2. The number of rotatable bonds is 4. The largest absolute Gasteiger partial charge is 0.338 e. The van der Waals surface area contributed by atoms with Crippen LogP contribution in [0.25, 0.3) is 11.0 Å². The molecule has 1 unspecified atom stereocenters. The number of benzene rings is 3. The summed E-state index contributed by atoms with van der Waals surface area (Å²) in [5.74, 6) is 0.693. The Balaban J connectivity index is 1.76. The van der Waals surface area contributed by atoms with Crippen LogP contribution in [0.15, 0.2) is 78.9 Å². The van der Waals surface area contributed by atoms with Crippen LogP contribution in [0.2, 0.25) is 0 Å². The number of carbonyl (C=O) groups excluding carboxylic acids is 1. The number of aryl methyl sites for hydroxylation is 2. The Bertz CT molecular complexity index is 1080. The normalized spacial score (nSPS) is 12.1. The minimum Gasteiger partial charge on any atom is -0.338 e. The minimum atomic E-state index is -0.336. The molecular weight excluding hydrogens is 334 g/mol. The lowest BCUT2D eigenvalue weighted by molar-refractivity contribution is 0.0941. The van der Waals surface area contributed by atoms with Gasteiger partial charge in [0.25, 0.3) is 5.91 Å². The molecule has 1 N–H and O–H groups in total. The molecule has 0 aliphatic rings. The monoisotopic (exact) mass is 355 g/mol. The summed E-state index contributed by atoms with van der Waals surface area (Å²) in [7, 11) is 1.98. The Morgan fingerprint density at radius 2 is 1.59 bits per heavy atom. The zero-order valence-corrected chi connectivity index (χ0v) is 15.4. The lowest BCUT2D eigenvalue weighted by atomic mass is 10.0. The van der Waals surface area contributed by atoms with Gasteiger partial charge in [0.15, 0.2) is 0 Å². The molecule has 0 saturated carbocycles. The van der Waals surface area contributed by atoms with Gasteiger partial charge in [0, 0.05) is 12.6 Å². The van der Waals surface area contributed by atoms with Gasteiger partial charge < -0.3 is 9.88 Å². The van der Waals surface area contributed by atoms with Crippen molar-refractivity contribution in [3.63, 3.8) is 0 Å². The molecule has 0 spiro atoms. The second kappa shape index (κ2) is 7.08. The standard InChI is InChI=1S/C23H21N3O/c1-16-12-14-18(15-13-16)23(27)25-21(17-8-4-3-5-9-17)22-24-19-10-6-7-11-20(19)26(22)2/h3-15,21H,1-2H3,(H,25,27). The van der Waals surface area contributed by atoms with Crippen LogP contribution >= 0.6 is 0 Å². The molecule has 0 radical (unpaired) electrons. The average molecular weight is 355 g/mol. The number of hydrogen-bond acceptors (Lipinski definition) is 2. The summed E-state index contributed by atoms with van der Waals surface area (Å²) in [6, 6.07) is 25.2. The molecule has 3 aromatic carbocycles. The van der Waals surface area contributed by atoms with Crippen LogP contribution < -0.4 is 5.32 Å². The second-order valence-corrected chi connectivity index (χ2v) is 6.70. The first kappa shape index (κ1) is 17.0. The number of hydrogen-bond donors (Lipinski definition) is 1.